The summed E-state index contributed by atoms with van der Waals surface area (Å²) in [7, 11) is 1.86. The minimum atomic E-state index is -0.680. The Hall–Kier alpha value is -5.24. The summed E-state index contributed by atoms with van der Waals surface area (Å²) < 4.78 is 47.0. The summed E-state index contributed by atoms with van der Waals surface area (Å²) in [6.45, 7) is 5.72. The van der Waals surface area contributed by atoms with Crippen molar-refractivity contribution in [3.05, 3.63) is 107 Å². The maximum absolute atomic E-state index is 15.9. The third-order valence-corrected chi connectivity index (χ3v) is 10.1. The van der Waals surface area contributed by atoms with Crippen molar-refractivity contribution in [3.63, 3.8) is 0 Å². The van der Waals surface area contributed by atoms with E-state index in [1.165, 1.54) is 23.5 Å². The lowest BCUT2D eigenvalue weighted by molar-refractivity contribution is -0.127. The number of halogens is 2. The summed E-state index contributed by atoms with van der Waals surface area (Å²) in [5.41, 5.74) is 5.63. The fraction of sp³-hybridized carbons (Fsp3) is 0.243. The Morgan fingerprint density at radius 1 is 1.14 bits per heavy atom. The van der Waals surface area contributed by atoms with Crippen LogP contribution in [0.5, 0.6) is 5.75 Å². The standard InChI is InChI=1S/C37H32F2N6O4S/c1-3-31(47)44-7-8-45-23(20-44)17-28(42-45)33-26-15-22(38)16-27(39)32(26)34-36(33)41-35(24-6-13-50-37(24)34)25-14-21-19-40-43(2)29(21)18-30(25)49-11-5-4-10-48-12-9-46/h3-6,13-19,33,46H,1,7-12,20H2,2H3/b5-4+. The van der Waals surface area contributed by atoms with Crippen molar-refractivity contribution in [3.8, 4) is 28.1 Å². The number of hydrogen-bond acceptors (Lipinski definition) is 8. The van der Waals surface area contributed by atoms with Crippen LogP contribution in [0, 0.1) is 11.6 Å². The lowest BCUT2D eigenvalue weighted by Gasteiger charge is -2.26. The number of amides is 1. The number of carbonyl (C=O) groups excluding carboxylic acids is 1. The zero-order valence-corrected chi connectivity index (χ0v) is 27.9. The highest BCUT2D eigenvalue weighted by molar-refractivity contribution is 7.17. The number of pyridine rings is 1. The van der Waals surface area contributed by atoms with Gasteiger partial charge in [0.25, 0.3) is 0 Å². The maximum atomic E-state index is 15.9. The quantitative estimate of drug-likeness (QED) is 0.107. The van der Waals surface area contributed by atoms with Crippen LogP contribution in [0.25, 0.3) is 43.4 Å². The van der Waals surface area contributed by atoms with Gasteiger partial charge < -0.3 is 19.5 Å². The summed E-state index contributed by atoms with van der Waals surface area (Å²) in [6, 6.07) is 10.1. The Bertz CT molecular complexity index is 2340. The SMILES string of the molecule is C=CC(=O)N1CCn2nc(C3c4cc(F)cc(F)c4-c4c3nc(-c3cc5cnn(C)c5cc3OC/C=C/COCCO)c3ccsc43)cc2C1. The molecule has 5 heterocycles. The van der Waals surface area contributed by atoms with Crippen molar-refractivity contribution in [2.45, 2.75) is 19.0 Å². The minimum absolute atomic E-state index is 0.0465. The van der Waals surface area contributed by atoms with E-state index in [4.69, 9.17) is 24.7 Å². The third kappa shape index (κ3) is 5.38. The number of aliphatic hydroxyl groups is 1. The lowest BCUT2D eigenvalue weighted by Crippen LogP contribution is -2.37. The van der Waals surface area contributed by atoms with Gasteiger partial charge in [-0.3, -0.25) is 19.1 Å². The molecule has 0 radical (unpaired) electrons. The Kier molecular flexibility index (Phi) is 8.25. The molecule has 254 valence electrons. The van der Waals surface area contributed by atoms with Gasteiger partial charge in [-0.1, -0.05) is 12.7 Å². The van der Waals surface area contributed by atoms with Crippen molar-refractivity contribution in [2.75, 3.05) is 33.0 Å². The minimum Gasteiger partial charge on any atom is -0.489 e. The molecular weight excluding hydrogens is 663 g/mol. The fourth-order valence-electron chi connectivity index (χ4n) is 6.95. The summed E-state index contributed by atoms with van der Waals surface area (Å²) in [4.78, 5) is 19.4. The van der Waals surface area contributed by atoms with Gasteiger partial charge in [0.15, 0.2) is 0 Å². The van der Waals surface area contributed by atoms with Crippen molar-refractivity contribution < 1.29 is 28.2 Å². The van der Waals surface area contributed by atoms with Crippen molar-refractivity contribution in [2.24, 2.45) is 7.05 Å². The van der Waals surface area contributed by atoms with E-state index in [9.17, 15) is 9.18 Å². The van der Waals surface area contributed by atoms with E-state index in [0.29, 0.717) is 65.8 Å². The molecule has 0 bridgehead atoms. The summed E-state index contributed by atoms with van der Waals surface area (Å²) in [6.07, 6.45) is 6.75. The molecule has 1 amide bonds. The number of aromatic nitrogens is 5. The zero-order valence-electron chi connectivity index (χ0n) is 27.1. The van der Waals surface area contributed by atoms with E-state index in [1.807, 2.05) is 53.5 Å². The van der Waals surface area contributed by atoms with Gasteiger partial charge in [0, 0.05) is 57.9 Å². The molecule has 10 nitrogen and oxygen atoms in total. The highest BCUT2D eigenvalue weighted by atomic mass is 32.1. The normalized spacial score (nSPS) is 15.2. The topological polar surface area (TPSA) is 108 Å². The number of ether oxygens (including phenoxy) is 2. The first-order valence-corrected chi connectivity index (χ1v) is 17.0. The lowest BCUT2D eigenvalue weighted by atomic mass is 9.95. The largest absolute Gasteiger partial charge is 0.489 e. The van der Waals surface area contributed by atoms with E-state index in [-0.39, 0.29) is 25.7 Å². The smallest absolute Gasteiger partial charge is 0.246 e. The van der Waals surface area contributed by atoms with Gasteiger partial charge in [-0.25, -0.2) is 8.78 Å². The molecule has 2 aliphatic rings. The van der Waals surface area contributed by atoms with Crippen LogP contribution in [0.4, 0.5) is 8.78 Å². The number of aryl methyl sites for hydroxylation is 1. The second kappa shape index (κ2) is 12.9. The molecule has 13 heteroatoms. The van der Waals surface area contributed by atoms with Gasteiger partial charge in [-0.05, 0) is 47.4 Å². The van der Waals surface area contributed by atoms with Gasteiger partial charge in [0.05, 0.1) is 73.3 Å². The van der Waals surface area contributed by atoms with Crippen molar-refractivity contribution in [1.29, 1.82) is 0 Å². The monoisotopic (exact) mass is 694 g/mol. The molecular formula is C37H32F2N6O4S. The van der Waals surface area contributed by atoms with Gasteiger partial charge in [-0.2, -0.15) is 10.2 Å². The molecule has 1 N–H and O–H groups in total. The number of aliphatic hydroxyl groups excluding tert-OH is 1. The summed E-state index contributed by atoms with van der Waals surface area (Å²) in [5, 5.41) is 22.0. The third-order valence-electron chi connectivity index (χ3n) is 9.21. The first-order valence-electron chi connectivity index (χ1n) is 16.2. The molecule has 6 aromatic rings. The molecule has 4 aromatic heterocycles. The Labute approximate surface area is 289 Å². The van der Waals surface area contributed by atoms with Gasteiger partial charge >= 0.3 is 0 Å². The van der Waals surface area contributed by atoms with Crippen LogP contribution >= 0.6 is 11.3 Å². The highest BCUT2D eigenvalue weighted by Gasteiger charge is 2.39. The number of fused-ring (bicyclic) bond motifs is 7. The van der Waals surface area contributed by atoms with Gasteiger partial charge in [0.2, 0.25) is 5.91 Å². The maximum Gasteiger partial charge on any atom is 0.246 e. The van der Waals surface area contributed by atoms with Gasteiger partial charge in [0.1, 0.15) is 24.0 Å². The second-order valence-corrected chi connectivity index (χ2v) is 13.1. The zero-order chi connectivity index (χ0) is 34.5. The molecule has 2 aromatic carbocycles. The number of benzene rings is 2. The van der Waals surface area contributed by atoms with Crippen molar-refractivity contribution in [1.82, 2.24) is 29.4 Å². The molecule has 0 fully saturated rings. The highest BCUT2D eigenvalue weighted by Crippen LogP contribution is 2.54. The number of carbonyl (C=O) groups is 1. The first-order chi connectivity index (χ1) is 24.4. The molecule has 1 aliphatic heterocycles. The molecule has 1 aliphatic carbocycles. The van der Waals surface area contributed by atoms with Crippen molar-refractivity contribution >= 4 is 38.2 Å². The van der Waals surface area contributed by atoms with E-state index < -0.39 is 17.6 Å². The molecule has 1 atom stereocenters. The predicted octanol–water partition coefficient (Wildman–Crippen LogP) is 5.96. The number of hydrogen-bond donors (Lipinski definition) is 1. The van der Waals surface area contributed by atoms with Crippen LogP contribution in [-0.2, 0) is 29.7 Å². The van der Waals surface area contributed by atoms with Crippen LogP contribution in [0.3, 0.4) is 0 Å². The van der Waals surface area contributed by atoms with Crippen LogP contribution in [0.15, 0.2) is 72.8 Å². The molecule has 0 saturated carbocycles. The van der Waals surface area contributed by atoms with Gasteiger partial charge in [-0.15, -0.1) is 11.3 Å². The Morgan fingerprint density at radius 2 is 2.00 bits per heavy atom. The average Bonchev–Trinajstić information content (AvgIpc) is 3.90. The molecule has 0 saturated heterocycles. The fourth-order valence-corrected chi connectivity index (χ4v) is 7.91. The van der Waals surface area contributed by atoms with E-state index in [1.54, 1.807) is 15.8 Å². The van der Waals surface area contributed by atoms with E-state index in [2.05, 4.69) is 11.7 Å². The average molecular weight is 695 g/mol. The van der Waals surface area contributed by atoms with Crippen LogP contribution < -0.4 is 4.74 Å². The van der Waals surface area contributed by atoms with E-state index in [0.717, 1.165) is 38.3 Å². The Morgan fingerprint density at radius 3 is 2.84 bits per heavy atom. The molecule has 8 rings (SSSR count). The number of thiophene rings is 1. The molecule has 0 spiro atoms. The number of nitrogens with zero attached hydrogens (tertiary/aromatic N) is 6. The molecule has 1 unspecified atom stereocenters. The first kappa shape index (κ1) is 32.0. The van der Waals surface area contributed by atoms with Crippen LogP contribution in [0.1, 0.15) is 28.6 Å². The second-order valence-electron chi connectivity index (χ2n) is 12.2. The Balaban J connectivity index is 1.29. The van der Waals surface area contributed by atoms with E-state index >= 15 is 4.39 Å². The summed E-state index contributed by atoms with van der Waals surface area (Å²) >= 11 is 1.47. The molecule has 50 heavy (non-hydrogen) atoms. The number of rotatable bonds is 10. The predicted molar refractivity (Wildman–Crippen MR) is 186 cm³/mol. The van der Waals surface area contributed by atoms with Crippen LogP contribution in [0.2, 0.25) is 0 Å². The van der Waals surface area contributed by atoms with Crippen LogP contribution in [-0.4, -0.2) is 73.4 Å². The summed E-state index contributed by atoms with van der Waals surface area (Å²) in [5.74, 6) is -1.59.